The molecular weight excluding hydrogens is 346 g/mol. The number of benzene rings is 2. The van der Waals surface area contributed by atoms with Crippen molar-refractivity contribution in [2.45, 2.75) is 19.4 Å². The van der Waals surface area contributed by atoms with Gasteiger partial charge in [-0.05, 0) is 53.8 Å². The summed E-state index contributed by atoms with van der Waals surface area (Å²) in [5.74, 6) is 0. The molecule has 0 spiro atoms. The van der Waals surface area contributed by atoms with E-state index in [2.05, 4.69) is 35.5 Å². The van der Waals surface area contributed by atoms with Gasteiger partial charge in [-0.15, -0.1) is 11.3 Å². The molecule has 4 rings (SSSR count). The first-order valence-corrected chi connectivity index (χ1v) is 9.21. The van der Waals surface area contributed by atoms with Crippen molar-refractivity contribution in [1.29, 1.82) is 0 Å². The molecular formula is C20H17N3O2S. The van der Waals surface area contributed by atoms with Gasteiger partial charge in [0.1, 0.15) is 0 Å². The van der Waals surface area contributed by atoms with Crippen LogP contribution in [0.1, 0.15) is 28.5 Å². The summed E-state index contributed by atoms with van der Waals surface area (Å²) < 4.78 is 0. The van der Waals surface area contributed by atoms with Gasteiger partial charge in [-0.2, -0.15) is 5.10 Å². The van der Waals surface area contributed by atoms with E-state index in [9.17, 15) is 10.1 Å². The van der Waals surface area contributed by atoms with Crippen LogP contribution < -0.4 is 5.01 Å². The Kier molecular flexibility index (Phi) is 4.26. The molecule has 3 aromatic rings. The lowest BCUT2D eigenvalue weighted by Gasteiger charge is -2.22. The molecule has 1 aromatic heterocycles. The third-order valence-electron chi connectivity index (χ3n) is 4.48. The Hall–Kier alpha value is -2.99. The van der Waals surface area contributed by atoms with Crippen LogP contribution in [0.15, 0.2) is 71.1 Å². The zero-order valence-corrected chi connectivity index (χ0v) is 15.0. The summed E-state index contributed by atoms with van der Waals surface area (Å²) in [6, 6.07) is 19.1. The maximum atomic E-state index is 10.9. The molecule has 0 saturated heterocycles. The minimum Gasteiger partial charge on any atom is -0.258 e. The summed E-state index contributed by atoms with van der Waals surface area (Å²) in [6.07, 6.45) is 0.767. The van der Waals surface area contributed by atoms with Crippen molar-refractivity contribution < 1.29 is 4.92 Å². The monoisotopic (exact) mass is 363 g/mol. The average molecular weight is 363 g/mol. The van der Waals surface area contributed by atoms with Gasteiger partial charge in [0.15, 0.2) is 0 Å². The maximum Gasteiger partial charge on any atom is 0.269 e. The highest BCUT2D eigenvalue weighted by atomic mass is 32.1. The Morgan fingerprint density at radius 3 is 2.50 bits per heavy atom. The minimum absolute atomic E-state index is 0.0947. The normalized spacial score (nSPS) is 16.6. The standard InChI is InChI=1S/C20H17N3O2S/c1-14-11-16(13-26-14)20-12-19(15-7-9-18(10-8-15)23(24)25)21-22(20)17-5-3-2-4-6-17/h2-11,13,20H,12H2,1H3. The first-order chi connectivity index (χ1) is 12.6. The highest BCUT2D eigenvalue weighted by molar-refractivity contribution is 7.10. The minimum atomic E-state index is -0.381. The molecule has 0 fully saturated rings. The molecule has 6 heteroatoms. The Bertz CT molecular complexity index is 964. The number of hydrogen-bond donors (Lipinski definition) is 0. The van der Waals surface area contributed by atoms with Crippen molar-refractivity contribution in [3.05, 3.63) is 92.2 Å². The molecule has 2 aromatic carbocycles. The lowest BCUT2D eigenvalue weighted by molar-refractivity contribution is -0.384. The average Bonchev–Trinajstić information content (AvgIpc) is 3.29. The van der Waals surface area contributed by atoms with Gasteiger partial charge in [0.2, 0.25) is 0 Å². The second-order valence-corrected chi connectivity index (χ2v) is 7.36. The lowest BCUT2D eigenvalue weighted by Crippen LogP contribution is -2.17. The van der Waals surface area contributed by atoms with Gasteiger partial charge in [0.25, 0.3) is 5.69 Å². The quantitative estimate of drug-likeness (QED) is 0.465. The van der Waals surface area contributed by atoms with Gasteiger partial charge >= 0.3 is 0 Å². The van der Waals surface area contributed by atoms with E-state index >= 15 is 0 Å². The van der Waals surface area contributed by atoms with Crippen LogP contribution in [0.4, 0.5) is 11.4 Å². The van der Waals surface area contributed by atoms with E-state index in [-0.39, 0.29) is 16.7 Å². The van der Waals surface area contributed by atoms with Gasteiger partial charge in [0, 0.05) is 23.4 Å². The Balaban J connectivity index is 1.71. The largest absolute Gasteiger partial charge is 0.269 e. The maximum absolute atomic E-state index is 10.9. The molecule has 0 radical (unpaired) electrons. The van der Waals surface area contributed by atoms with E-state index in [1.165, 1.54) is 22.6 Å². The second kappa shape index (κ2) is 6.72. The van der Waals surface area contributed by atoms with Crippen molar-refractivity contribution in [2.75, 3.05) is 5.01 Å². The highest BCUT2D eigenvalue weighted by Crippen LogP contribution is 2.38. The fraction of sp³-hybridized carbons (Fsp3) is 0.150. The van der Waals surface area contributed by atoms with Crippen LogP contribution in [0.25, 0.3) is 0 Å². The van der Waals surface area contributed by atoms with E-state index < -0.39 is 0 Å². The first kappa shape index (κ1) is 16.5. The van der Waals surface area contributed by atoms with Crippen molar-refractivity contribution in [2.24, 2.45) is 5.10 Å². The van der Waals surface area contributed by atoms with Crippen molar-refractivity contribution >= 4 is 28.4 Å². The fourth-order valence-electron chi connectivity index (χ4n) is 3.18. The van der Waals surface area contributed by atoms with Gasteiger partial charge in [-0.3, -0.25) is 15.1 Å². The number of non-ortho nitro benzene ring substituents is 1. The second-order valence-electron chi connectivity index (χ2n) is 6.24. The van der Waals surface area contributed by atoms with Gasteiger partial charge in [-0.25, -0.2) is 0 Å². The van der Waals surface area contributed by atoms with E-state index in [1.807, 2.05) is 18.2 Å². The van der Waals surface area contributed by atoms with Gasteiger partial charge < -0.3 is 0 Å². The van der Waals surface area contributed by atoms with Crippen molar-refractivity contribution in [3.63, 3.8) is 0 Å². The van der Waals surface area contributed by atoms with E-state index in [0.717, 1.165) is 23.4 Å². The van der Waals surface area contributed by atoms with E-state index in [0.29, 0.717) is 0 Å². The van der Waals surface area contributed by atoms with Crippen LogP contribution in [-0.4, -0.2) is 10.6 Å². The van der Waals surface area contributed by atoms with E-state index in [4.69, 9.17) is 5.10 Å². The summed E-state index contributed by atoms with van der Waals surface area (Å²) >= 11 is 1.74. The lowest BCUT2D eigenvalue weighted by atomic mass is 10.00. The van der Waals surface area contributed by atoms with Crippen molar-refractivity contribution in [3.8, 4) is 0 Å². The summed E-state index contributed by atoms with van der Waals surface area (Å²) in [5, 5.41) is 20.0. The SMILES string of the molecule is Cc1cc(C2CC(c3ccc([N+](=O)[O-])cc3)=NN2c2ccccc2)cs1. The van der Waals surface area contributed by atoms with Crippen molar-refractivity contribution in [1.82, 2.24) is 0 Å². The van der Waals surface area contributed by atoms with Gasteiger partial charge in [-0.1, -0.05) is 18.2 Å². The molecule has 2 heterocycles. The molecule has 1 aliphatic rings. The third-order valence-corrected chi connectivity index (χ3v) is 5.36. The van der Waals surface area contributed by atoms with Crippen LogP contribution in [0.2, 0.25) is 0 Å². The summed E-state index contributed by atoms with van der Waals surface area (Å²) in [6.45, 7) is 2.11. The number of nitrogens with zero attached hydrogens (tertiary/aromatic N) is 3. The predicted octanol–water partition coefficient (Wildman–Crippen LogP) is 5.32. The van der Waals surface area contributed by atoms with Crippen LogP contribution in [0.5, 0.6) is 0 Å². The Labute approximate surface area is 155 Å². The zero-order valence-electron chi connectivity index (χ0n) is 14.2. The topological polar surface area (TPSA) is 58.7 Å². The Morgan fingerprint density at radius 2 is 1.88 bits per heavy atom. The number of aryl methyl sites for hydroxylation is 1. The van der Waals surface area contributed by atoms with Crippen LogP contribution in [0.3, 0.4) is 0 Å². The van der Waals surface area contributed by atoms with E-state index in [1.54, 1.807) is 23.5 Å². The third kappa shape index (κ3) is 3.11. The molecule has 0 bridgehead atoms. The number of rotatable bonds is 4. The molecule has 1 unspecified atom stereocenters. The summed E-state index contributed by atoms with van der Waals surface area (Å²) in [5.41, 5.74) is 4.25. The number of hydrogen-bond acceptors (Lipinski definition) is 5. The fourth-order valence-corrected chi connectivity index (χ4v) is 3.93. The first-order valence-electron chi connectivity index (χ1n) is 8.33. The molecule has 130 valence electrons. The summed E-state index contributed by atoms with van der Waals surface area (Å²) in [7, 11) is 0. The predicted molar refractivity (Wildman–Crippen MR) is 105 cm³/mol. The number of anilines is 1. The molecule has 0 N–H and O–H groups in total. The number of para-hydroxylation sites is 1. The zero-order chi connectivity index (χ0) is 18.1. The molecule has 0 amide bonds. The van der Waals surface area contributed by atoms with Gasteiger partial charge in [0.05, 0.1) is 22.4 Å². The molecule has 0 aliphatic carbocycles. The number of nitro benzene ring substituents is 1. The van der Waals surface area contributed by atoms with Crippen LogP contribution >= 0.6 is 11.3 Å². The highest BCUT2D eigenvalue weighted by Gasteiger charge is 2.30. The molecule has 0 saturated carbocycles. The number of hydrazone groups is 1. The van der Waals surface area contributed by atoms with Crippen LogP contribution in [-0.2, 0) is 0 Å². The molecule has 5 nitrogen and oxygen atoms in total. The molecule has 26 heavy (non-hydrogen) atoms. The number of nitro groups is 1. The molecule has 1 aliphatic heterocycles. The van der Waals surface area contributed by atoms with Crippen LogP contribution in [0, 0.1) is 17.0 Å². The summed E-state index contributed by atoms with van der Waals surface area (Å²) in [4.78, 5) is 11.8. The number of thiophene rings is 1. The Morgan fingerprint density at radius 1 is 1.15 bits per heavy atom. The smallest absolute Gasteiger partial charge is 0.258 e. The molecule has 1 atom stereocenters.